The summed E-state index contributed by atoms with van der Waals surface area (Å²) in [6.45, 7) is 1.89. The third kappa shape index (κ3) is 3.10. The predicted octanol–water partition coefficient (Wildman–Crippen LogP) is 3.03. The molecule has 1 aliphatic heterocycles. The molecule has 2 amide bonds. The molecular formula is C19H21N5OS. The molecule has 1 N–H and O–H groups in total. The Morgan fingerprint density at radius 1 is 1.27 bits per heavy atom. The minimum Gasteiger partial charge on any atom is -0.362 e. The lowest BCUT2D eigenvalue weighted by Gasteiger charge is -2.27. The van der Waals surface area contributed by atoms with Crippen molar-refractivity contribution in [3.05, 3.63) is 52.7 Å². The molecule has 0 saturated carbocycles. The average molecular weight is 367 g/mol. The zero-order chi connectivity index (χ0) is 18.1. The van der Waals surface area contributed by atoms with Crippen molar-refractivity contribution in [2.75, 3.05) is 25.5 Å². The molecule has 2 aromatic heterocycles. The van der Waals surface area contributed by atoms with Crippen LogP contribution in [-0.4, -0.2) is 41.5 Å². The van der Waals surface area contributed by atoms with Gasteiger partial charge in [0.05, 0.1) is 11.9 Å². The number of thiophene rings is 1. The van der Waals surface area contributed by atoms with Crippen molar-refractivity contribution >= 4 is 33.4 Å². The molecule has 134 valence electrons. The van der Waals surface area contributed by atoms with Gasteiger partial charge in [-0.25, -0.2) is 14.8 Å². The summed E-state index contributed by atoms with van der Waals surface area (Å²) in [4.78, 5) is 27.5. The van der Waals surface area contributed by atoms with Crippen molar-refractivity contribution in [1.82, 2.24) is 20.2 Å². The largest absolute Gasteiger partial charge is 0.362 e. The Morgan fingerprint density at radius 3 is 2.85 bits per heavy atom. The van der Waals surface area contributed by atoms with Gasteiger partial charge in [0.2, 0.25) is 0 Å². The summed E-state index contributed by atoms with van der Waals surface area (Å²) >= 11 is 1.67. The lowest BCUT2D eigenvalue weighted by molar-refractivity contribution is 0.193. The molecule has 0 radical (unpaired) electrons. The first-order valence-electron chi connectivity index (χ1n) is 8.62. The molecule has 3 heterocycles. The number of benzene rings is 1. The van der Waals surface area contributed by atoms with E-state index in [-0.39, 0.29) is 6.03 Å². The molecule has 1 aliphatic rings. The van der Waals surface area contributed by atoms with Crippen LogP contribution in [0.4, 0.5) is 10.6 Å². The van der Waals surface area contributed by atoms with Crippen molar-refractivity contribution in [2.24, 2.45) is 0 Å². The SMILES string of the molecule is CN(C)c1ncnc2sc3c(c12)CCN(C(=O)NCc1ccccc1)C3. The monoisotopic (exact) mass is 367 g/mol. The number of urea groups is 1. The molecule has 0 saturated heterocycles. The molecule has 0 fully saturated rings. The third-order valence-corrected chi connectivity index (χ3v) is 5.74. The van der Waals surface area contributed by atoms with Crippen LogP contribution in [0.15, 0.2) is 36.7 Å². The minimum atomic E-state index is -0.0177. The number of amides is 2. The van der Waals surface area contributed by atoms with Gasteiger partial charge in [-0.1, -0.05) is 30.3 Å². The van der Waals surface area contributed by atoms with E-state index in [1.807, 2.05) is 54.2 Å². The maximum Gasteiger partial charge on any atom is 0.318 e. The molecule has 0 unspecified atom stereocenters. The summed E-state index contributed by atoms with van der Waals surface area (Å²) in [6.07, 6.45) is 2.45. The fourth-order valence-electron chi connectivity index (χ4n) is 3.31. The summed E-state index contributed by atoms with van der Waals surface area (Å²) in [5.74, 6) is 0.953. The molecule has 0 spiro atoms. The van der Waals surface area contributed by atoms with Crippen LogP contribution < -0.4 is 10.2 Å². The normalized spacial score (nSPS) is 13.5. The highest BCUT2D eigenvalue weighted by molar-refractivity contribution is 7.19. The topological polar surface area (TPSA) is 61.4 Å². The quantitative estimate of drug-likeness (QED) is 0.773. The number of nitrogens with zero attached hydrogens (tertiary/aromatic N) is 4. The van der Waals surface area contributed by atoms with E-state index in [9.17, 15) is 4.79 Å². The van der Waals surface area contributed by atoms with Crippen LogP contribution in [0.1, 0.15) is 16.0 Å². The van der Waals surface area contributed by atoms with Crippen LogP contribution in [0.5, 0.6) is 0 Å². The van der Waals surface area contributed by atoms with Crippen LogP contribution in [0.2, 0.25) is 0 Å². The number of carbonyl (C=O) groups is 1. The van der Waals surface area contributed by atoms with Gasteiger partial charge in [-0.2, -0.15) is 0 Å². The summed E-state index contributed by atoms with van der Waals surface area (Å²) in [6, 6.07) is 9.95. The number of rotatable bonds is 3. The number of hydrogen-bond donors (Lipinski definition) is 1. The van der Waals surface area contributed by atoms with Crippen molar-refractivity contribution < 1.29 is 4.79 Å². The highest BCUT2D eigenvalue weighted by atomic mass is 32.1. The minimum absolute atomic E-state index is 0.0177. The van der Waals surface area contributed by atoms with Gasteiger partial charge in [0, 0.05) is 32.1 Å². The summed E-state index contributed by atoms with van der Waals surface area (Å²) in [5, 5.41) is 4.16. The Hall–Kier alpha value is -2.67. The Kier molecular flexibility index (Phi) is 4.46. The molecule has 3 aromatic rings. The fraction of sp³-hybridized carbons (Fsp3) is 0.316. The van der Waals surface area contributed by atoms with Crippen LogP contribution in [-0.2, 0) is 19.5 Å². The van der Waals surface area contributed by atoms with Crippen molar-refractivity contribution in [2.45, 2.75) is 19.5 Å². The number of carbonyl (C=O) groups excluding carboxylic acids is 1. The summed E-state index contributed by atoms with van der Waals surface area (Å²) in [5.41, 5.74) is 2.40. The van der Waals surface area contributed by atoms with E-state index < -0.39 is 0 Å². The van der Waals surface area contributed by atoms with E-state index in [0.29, 0.717) is 19.6 Å². The third-order valence-electron chi connectivity index (χ3n) is 4.61. The first-order valence-corrected chi connectivity index (χ1v) is 9.44. The summed E-state index contributed by atoms with van der Waals surface area (Å²) < 4.78 is 0. The van der Waals surface area contributed by atoms with Gasteiger partial charge in [-0.05, 0) is 17.5 Å². The number of aromatic nitrogens is 2. The van der Waals surface area contributed by atoms with E-state index in [1.54, 1.807) is 17.7 Å². The van der Waals surface area contributed by atoms with Gasteiger partial charge in [-0.3, -0.25) is 0 Å². The van der Waals surface area contributed by atoms with Crippen LogP contribution >= 0.6 is 11.3 Å². The molecular weight excluding hydrogens is 346 g/mol. The lowest BCUT2D eigenvalue weighted by atomic mass is 10.1. The van der Waals surface area contributed by atoms with E-state index in [2.05, 4.69) is 15.3 Å². The standard InChI is InChI=1S/C19H21N5OS/c1-23(2)17-16-14-8-9-24(11-15(14)26-18(16)22-12-21-17)19(25)20-10-13-6-4-3-5-7-13/h3-7,12H,8-11H2,1-2H3,(H,20,25). The molecule has 7 heteroatoms. The van der Waals surface area contributed by atoms with Crippen LogP contribution in [0.25, 0.3) is 10.2 Å². The van der Waals surface area contributed by atoms with Gasteiger partial charge in [0.1, 0.15) is 17.0 Å². The van der Waals surface area contributed by atoms with Gasteiger partial charge in [-0.15, -0.1) is 11.3 Å². The second-order valence-corrected chi connectivity index (χ2v) is 7.68. The second-order valence-electron chi connectivity index (χ2n) is 6.59. The Bertz CT molecular complexity index is 938. The maximum absolute atomic E-state index is 12.6. The molecule has 0 aliphatic carbocycles. The number of anilines is 1. The van der Waals surface area contributed by atoms with Crippen molar-refractivity contribution in [3.63, 3.8) is 0 Å². The Morgan fingerprint density at radius 2 is 2.08 bits per heavy atom. The number of nitrogens with one attached hydrogen (secondary N) is 1. The molecule has 4 rings (SSSR count). The molecule has 26 heavy (non-hydrogen) atoms. The lowest BCUT2D eigenvalue weighted by Crippen LogP contribution is -2.42. The summed E-state index contributed by atoms with van der Waals surface area (Å²) in [7, 11) is 4.00. The molecule has 0 bridgehead atoms. The van der Waals surface area contributed by atoms with Gasteiger partial charge in [0.25, 0.3) is 0 Å². The van der Waals surface area contributed by atoms with Gasteiger partial charge < -0.3 is 15.1 Å². The van der Waals surface area contributed by atoms with Crippen LogP contribution in [0.3, 0.4) is 0 Å². The zero-order valence-corrected chi connectivity index (χ0v) is 15.7. The van der Waals surface area contributed by atoms with E-state index >= 15 is 0 Å². The van der Waals surface area contributed by atoms with E-state index in [4.69, 9.17) is 0 Å². The predicted molar refractivity (Wildman–Crippen MR) is 105 cm³/mol. The highest BCUT2D eigenvalue weighted by Gasteiger charge is 2.26. The number of hydrogen-bond acceptors (Lipinski definition) is 5. The molecule has 0 atom stereocenters. The average Bonchev–Trinajstić information content (AvgIpc) is 3.04. The fourth-order valence-corrected chi connectivity index (χ4v) is 4.51. The second kappa shape index (κ2) is 6.92. The van der Waals surface area contributed by atoms with Crippen molar-refractivity contribution in [1.29, 1.82) is 0 Å². The van der Waals surface area contributed by atoms with Gasteiger partial charge in [0.15, 0.2) is 0 Å². The molecule has 6 nitrogen and oxygen atoms in total. The first kappa shape index (κ1) is 16.8. The number of fused-ring (bicyclic) bond motifs is 3. The first-order chi connectivity index (χ1) is 12.6. The van der Waals surface area contributed by atoms with E-state index in [1.165, 1.54) is 10.4 Å². The Labute approximate surface area is 156 Å². The highest BCUT2D eigenvalue weighted by Crippen LogP contribution is 2.37. The smallest absolute Gasteiger partial charge is 0.318 e. The van der Waals surface area contributed by atoms with Crippen LogP contribution in [0, 0.1) is 0 Å². The maximum atomic E-state index is 12.6. The molecule has 1 aromatic carbocycles. The van der Waals surface area contributed by atoms with Crippen molar-refractivity contribution in [3.8, 4) is 0 Å². The van der Waals surface area contributed by atoms with E-state index in [0.717, 1.165) is 28.0 Å². The Balaban J connectivity index is 1.52. The van der Waals surface area contributed by atoms with Gasteiger partial charge >= 0.3 is 6.03 Å². The zero-order valence-electron chi connectivity index (χ0n) is 14.9.